The predicted octanol–water partition coefficient (Wildman–Crippen LogP) is 2.68. The zero-order chi connectivity index (χ0) is 16.4. The molecule has 0 saturated heterocycles. The molecule has 4 rings (SSSR count). The molecule has 0 radical (unpaired) electrons. The van der Waals surface area contributed by atoms with Gasteiger partial charge in [0.15, 0.2) is 0 Å². The van der Waals surface area contributed by atoms with Gasteiger partial charge in [-0.05, 0) is 29.7 Å². The molecule has 0 aliphatic rings. The number of fused-ring (bicyclic) bond motifs is 1. The first-order chi connectivity index (χ1) is 11.8. The molecule has 4 aromatic rings. The molecule has 6 nitrogen and oxygen atoms in total. The van der Waals surface area contributed by atoms with Crippen LogP contribution in [-0.4, -0.2) is 25.9 Å². The van der Waals surface area contributed by atoms with Crippen LogP contribution in [0, 0.1) is 0 Å². The van der Waals surface area contributed by atoms with E-state index in [9.17, 15) is 4.79 Å². The Bertz CT molecular complexity index is 955. The van der Waals surface area contributed by atoms with E-state index >= 15 is 0 Å². The Morgan fingerprint density at radius 3 is 2.79 bits per heavy atom. The van der Waals surface area contributed by atoms with E-state index in [2.05, 4.69) is 20.6 Å². The highest BCUT2D eigenvalue weighted by atomic mass is 16.1. The smallest absolute Gasteiger partial charge is 0.253 e. The third kappa shape index (κ3) is 2.65. The molecule has 0 aliphatic heterocycles. The normalized spacial score (nSPS) is 10.8. The molecule has 6 heteroatoms. The first-order valence-electron chi connectivity index (χ1n) is 7.62. The molecular weight excluding hydrogens is 302 g/mol. The van der Waals surface area contributed by atoms with E-state index in [1.165, 1.54) is 0 Å². The minimum atomic E-state index is -0.153. The Balaban J connectivity index is 1.54. The summed E-state index contributed by atoms with van der Waals surface area (Å²) in [7, 11) is 0. The van der Waals surface area contributed by atoms with Crippen LogP contribution in [-0.2, 0) is 6.54 Å². The highest BCUT2D eigenvalue weighted by Gasteiger charge is 2.13. The molecule has 0 saturated carbocycles. The summed E-state index contributed by atoms with van der Waals surface area (Å²) < 4.78 is 1.58. The van der Waals surface area contributed by atoms with Gasteiger partial charge in [0, 0.05) is 11.2 Å². The number of hydrogen-bond donors (Lipinski definition) is 2. The van der Waals surface area contributed by atoms with Crippen LogP contribution in [0.5, 0.6) is 0 Å². The first kappa shape index (κ1) is 14.2. The molecule has 2 aromatic heterocycles. The molecule has 118 valence electrons. The maximum absolute atomic E-state index is 12.6. The van der Waals surface area contributed by atoms with Gasteiger partial charge >= 0.3 is 0 Å². The van der Waals surface area contributed by atoms with E-state index in [-0.39, 0.29) is 5.91 Å². The Morgan fingerprint density at radius 2 is 1.96 bits per heavy atom. The van der Waals surface area contributed by atoms with E-state index in [4.69, 9.17) is 0 Å². The highest BCUT2D eigenvalue weighted by molar-refractivity contribution is 5.97. The number of nitrogens with one attached hydrogen (secondary N) is 2. The van der Waals surface area contributed by atoms with Crippen molar-refractivity contribution in [3.8, 4) is 5.69 Å². The number of amides is 1. The molecule has 2 aromatic carbocycles. The summed E-state index contributed by atoms with van der Waals surface area (Å²) >= 11 is 0. The molecule has 0 bridgehead atoms. The Morgan fingerprint density at radius 1 is 1.12 bits per heavy atom. The number of benzene rings is 2. The van der Waals surface area contributed by atoms with E-state index in [0.29, 0.717) is 17.8 Å². The lowest BCUT2D eigenvalue weighted by Gasteiger charge is -2.09. The van der Waals surface area contributed by atoms with Crippen molar-refractivity contribution in [3.63, 3.8) is 0 Å². The average Bonchev–Trinajstić information content (AvgIpc) is 3.28. The largest absolute Gasteiger partial charge is 0.357 e. The van der Waals surface area contributed by atoms with E-state index in [0.717, 1.165) is 16.6 Å². The molecule has 2 heterocycles. The number of aromatic amines is 1. The fourth-order valence-corrected chi connectivity index (χ4v) is 2.70. The van der Waals surface area contributed by atoms with Crippen LogP contribution in [0.1, 0.15) is 16.1 Å². The van der Waals surface area contributed by atoms with Crippen molar-refractivity contribution >= 4 is 16.8 Å². The zero-order valence-corrected chi connectivity index (χ0v) is 12.8. The second-order valence-electron chi connectivity index (χ2n) is 5.43. The third-order valence-corrected chi connectivity index (χ3v) is 3.84. The van der Waals surface area contributed by atoms with E-state index in [1.807, 2.05) is 48.5 Å². The maximum atomic E-state index is 12.6. The fourth-order valence-electron chi connectivity index (χ4n) is 2.70. The van der Waals surface area contributed by atoms with Crippen LogP contribution < -0.4 is 5.32 Å². The van der Waals surface area contributed by atoms with Gasteiger partial charge in [-0.1, -0.05) is 35.5 Å². The average molecular weight is 317 g/mol. The minimum Gasteiger partial charge on any atom is -0.357 e. The SMILES string of the molecule is O=C(NCc1cc2ccccc2[nH]1)c1ccccc1-n1ccnn1. The number of aromatic nitrogens is 4. The lowest BCUT2D eigenvalue weighted by Crippen LogP contribution is -2.24. The summed E-state index contributed by atoms with van der Waals surface area (Å²) in [5.41, 5.74) is 3.27. The Labute approximate surface area is 138 Å². The van der Waals surface area contributed by atoms with Gasteiger partial charge in [-0.2, -0.15) is 0 Å². The van der Waals surface area contributed by atoms with Crippen molar-refractivity contribution in [2.75, 3.05) is 0 Å². The second-order valence-corrected chi connectivity index (χ2v) is 5.43. The van der Waals surface area contributed by atoms with Crippen molar-refractivity contribution in [1.29, 1.82) is 0 Å². The monoisotopic (exact) mass is 317 g/mol. The zero-order valence-electron chi connectivity index (χ0n) is 12.8. The highest BCUT2D eigenvalue weighted by Crippen LogP contribution is 2.16. The van der Waals surface area contributed by atoms with Crippen molar-refractivity contribution in [3.05, 3.63) is 78.2 Å². The minimum absolute atomic E-state index is 0.153. The molecule has 0 spiro atoms. The summed E-state index contributed by atoms with van der Waals surface area (Å²) in [5.74, 6) is -0.153. The summed E-state index contributed by atoms with van der Waals surface area (Å²) in [6.45, 7) is 0.430. The van der Waals surface area contributed by atoms with Crippen LogP contribution in [0.15, 0.2) is 67.0 Å². The number of hydrogen-bond acceptors (Lipinski definition) is 3. The van der Waals surface area contributed by atoms with Gasteiger partial charge in [-0.3, -0.25) is 4.79 Å². The number of rotatable bonds is 4. The van der Waals surface area contributed by atoms with E-state index in [1.54, 1.807) is 23.1 Å². The second kappa shape index (κ2) is 6.00. The van der Waals surface area contributed by atoms with Crippen molar-refractivity contribution in [2.45, 2.75) is 6.54 Å². The number of para-hydroxylation sites is 2. The first-order valence-corrected chi connectivity index (χ1v) is 7.62. The van der Waals surface area contributed by atoms with Gasteiger partial charge in [0.1, 0.15) is 0 Å². The maximum Gasteiger partial charge on any atom is 0.253 e. The van der Waals surface area contributed by atoms with Crippen LogP contribution in [0.25, 0.3) is 16.6 Å². The molecule has 0 unspecified atom stereocenters. The van der Waals surface area contributed by atoms with Gasteiger partial charge in [0.25, 0.3) is 5.91 Å². The van der Waals surface area contributed by atoms with Crippen LogP contribution in [0.4, 0.5) is 0 Å². The third-order valence-electron chi connectivity index (χ3n) is 3.84. The Hall–Kier alpha value is -3.41. The topological polar surface area (TPSA) is 75.6 Å². The predicted molar refractivity (Wildman–Crippen MR) is 90.8 cm³/mol. The van der Waals surface area contributed by atoms with Gasteiger partial charge in [0.2, 0.25) is 0 Å². The van der Waals surface area contributed by atoms with Gasteiger partial charge in [0.05, 0.1) is 30.2 Å². The quantitative estimate of drug-likeness (QED) is 0.607. The van der Waals surface area contributed by atoms with Crippen LogP contribution in [0.3, 0.4) is 0 Å². The molecule has 1 amide bonds. The van der Waals surface area contributed by atoms with Crippen molar-refractivity contribution in [2.24, 2.45) is 0 Å². The standard InChI is InChI=1S/C18H15N5O/c24-18(15-6-2-4-8-17(15)23-10-9-20-22-23)19-12-14-11-13-5-1-3-7-16(13)21-14/h1-11,21H,12H2,(H,19,24). The van der Waals surface area contributed by atoms with Gasteiger partial charge in [-0.25, -0.2) is 4.68 Å². The number of carbonyl (C=O) groups is 1. The summed E-state index contributed by atoms with van der Waals surface area (Å²) in [6, 6.07) is 17.4. The Kier molecular flexibility index (Phi) is 3.55. The number of nitrogens with zero attached hydrogens (tertiary/aromatic N) is 3. The molecule has 24 heavy (non-hydrogen) atoms. The fraction of sp³-hybridized carbons (Fsp3) is 0.0556. The summed E-state index contributed by atoms with van der Waals surface area (Å²) in [4.78, 5) is 15.9. The lowest BCUT2D eigenvalue weighted by atomic mass is 10.1. The lowest BCUT2D eigenvalue weighted by molar-refractivity contribution is 0.0950. The number of H-pyrrole nitrogens is 1. The van der Waals surface area contributed by atoms with Crippen LogP contribution in [0.2, 0.25) is 0 Å². The van der Waals surface area contributed by atoms with Gasteiger partial charge < -0.3 is 10.3 Å². The molecular formula is C18H15N5O. The van der Waals surface area contributed by atoms with Crippen molar-refractivity contribution < 1.29 is 4.79 Å². The summed E-state index contributed by atoms with van der Waals surface area (Å²) in [6.07, 6.45) is 3.29. The number of carbonyl (C=O) groups excluding carboxylic acids is 1. The summed E-state index contributed by atoms with van der Waals surface area (Å²) in [5, 5.41) is 11.8. The molecule has 0 atom stereocenters. The van der Waals surface area contributed by atoms with Crippen LogP contribution >= 0.6 is 0 Å². The van der Waals surface area contributed by atoms with E-state index < -0.39 is 0 Å². The molecule has 0 fully saturated rings. The molecule has 0 aliphatic carbocycles. The molecule has 2 N–H and O–H groups in total. The van der Waals surface area contributed by atoms with Gasteiger partial charge in [-0.15, -0.1) is 5.10 Å². The van der Waals surface area contributed by atoms with Crippen molar-refractivity contribution in [1.82, 2.24) is 25.3 Å².